The van der Waals surface area contributed by atoms with Gasteiger partial charge in [-0.25, -0.2) is 21.0 Å². The van der Waals surface area contributed by atoms with Crippen LogP contribution in [0.15, 0.2) is 0 Å². The van der Waals surface area contributed by atoms with Crippen LogP contribution < -0.4 is 48.9 Å². The molecule has 0 unspecified atom stereocenters. The molecule has 0 aromatic heterocycles. The standard InChI is InChI=1S/5FH2O3P.2Fe.2Sr/c5*1-5(2,3)4;;;;/h5*(H2,2,3,4);;;;/q;;;;;2*+3;2*+2/p-10. The Labute approximate surface area is 253 Å². The molecule has 0 amide bonds. The van der Waals surface area contributed by atoms with Crippen molar-refractivity contribution in [2.75, 3.05) is 0 Å². The van der Waals surface area contributed by atoms with Gasteiger partial charge in [-0.2, -0.15) is 0 Å². The molecule has 2 radical (unpaired) electrons. The van der Waals surface area contributed by atoms with E-state index in [0.717, 1.165) is 0 Å². The summed E-state index contributed by atoms with van der Waals surface area (Å²) in [5.74, 6) is 0. The van der Waals surface area contributed by atoms with Crippen LogP contribution in [-0.4, -0.2) is 91.0 Å². The van der Waals surface area contributed by atoms with E-state index in [2.05, 4.69) is 0 Å². The predicted octanol–water partition coefficient (Wildman–Crippen LogP) is -6.84. The summed E-state index contributed by atoms with van der Waals surface area (Å²) in [6.07, 6.45) is 0. The maximum Gasteiger partial charge on any atom is 3.00 e. The summed E-state index contributed by atoms with van der Waals surface area (Å²) in [6, 6.07) is 0. The minimum Gasteiger partial charge on any atom is -0.786 e. The molecule has 0 atom stereocenters. The number of hydrogen-bond acceptors (Lipinski definition) is 15. The molecule has 0 aliphatic heterocycles. The van der Waals surface area contributed by atoms with Gasteiger partial charge in [0, 0.05) is 0 Å². The number of halogens is 5. The third-order valence-corrected chi connectivity index (χ3v) is 0. The Kier molecular flexibility index (Phi) is 54.8. The zero-order valence-electron chi connectivity index (χ0n) is 12.4. The number of rotatable bonds is 0. The average Bonchev–Trinajstić information content (AvgIpc) is 1.79. The SMILES string of the molecule is O=P([O-])([O-])F.O=P([O-])([O-])F.O=P([O-])([O-])F.O=P([O-])([O-])F.O=P([O-])([O-])F.[Fe+3].[Fe+3].[Sr+2].[Sr+2]. The molecule has 29 heavy (non-hydrogen) atoms. The number of hydrogen-bond donors (Lipinski definition) is 0. The first-order valence-corrected chi connectivity index (χ1v) is 10.8. The van der Waals surface area contributed by atoms with Gasteiger partial charge in [0.25, 0.3) is 0 Å². The predicted molar refractivity (Wildman–Crippen MR) is 55.1 cm³/mol. The molecule has 15 nitrogen and oxygen atoms in total. The normalized spacial score (nSPS) is 10.2. The van der Waals surface area contributed by atoms with Crippen LogP contribution in [0.2, 0.25) is 0 Å². The van der Waals surface area contributed by atoms with Gasteiger partial charge in [-0.3, -0.25) is 0 Å². The summed E-state index contributed by atoms with van der Waals surface area (Å²) in [5, 5.41) is 0. The van der Waals surface area contributed by atoms with Gasteiger partial charge in [0.05, 0.1) is 0 Å². The van der Waals surface area contributed by atoms with Crippen LogP contribution in [0.5, 0.6) is 0 Å². The maximum atomic E-state index is 10.1. The summed E-state index contributed by atoms with van der Waals surface area (Å²) in [7, 11) is -28.2. The molecular weight excluding hydrogens is 777 g/mol. The molecule has 29 heteroatoms. The first-order valence-electron chi connectivity index (χ1n) is 3.58. The van der Waals surface area contributed by atoms with E-state index in [-0.39, 0.29) is 125 Å². The van der Waals surface area contributed by atoms with Gasteiger partial charge in [0.2, 0.25) is 0 Å². The smallest absolute Gasteiger partial charge is 0.786 e. The van der Waals surface area contributed by atoms with Crippen molar-refractivity contribution in [3.05, 3.63) is 0 Å². The maximum absolute atomic E-state index is 10.1. The van der Waals surface area contributed by atoms with Gasteiger partial charge in [-0.1, -0.05) is 0 Å². The molecular formula is F5Fe2O15P5Sr2. The Hall–Kier alpha value is 4.40. The fourth-order valence-corrected chi connectivity index (χ4v) is 0. The summed E-state index contributed by atoms with van der Waals surface area (Å²) in [5.41, 5.74) is 0. The van der Waals surface area contributed by atoms with Gasteiger partial charge in [0.1, 0.15) is 39.5 Å². The molecule has 0 bridgehead atoms. The van der Waals surface area contributed by atoms with Crippen LogP contribution >= 0.6 is 39.5 Å². The zero-order chi connectivity index (χ0) is 22.5. The van der Waals surface area contributed by atoms with E-state index in [1.807, 2.05) is 0 Å². The molecule has 0 heterocycles. The quantitative estimate of drug-likeness (QED) is 0.125. The molecule has 0 saturated carbocycles. The Morgan fingerprint density at radius 1 is 0.345 bits per heavy atom. The van der Waals surface area contributed by atoms with Crippen LogP contribution in [0, 0.1) is 0 Å². The van der Waals surface area contributed by atoms with E-state index in [0.29, 0.717) is 0 Å². The van der Waals surface area contributed by atoms with Crippen LogP contribution in [0.25, 0.3) is 0 Å². The van der Waals surface area contributed by atoms with Crippen LogP contribution in [0.4, 0.5) is 21.0 Å². The molecule has 0 rings (SSSR count). The fraction of sp³-hybridized carbons (Fsp3) is 0. The molecule has 0 aromatic rings. The van der Waals surface area contributed by atoms with Gasteiger partial charge in [-0.15, -0.1) is 0 Å². The molecule has 0 N–H and O–H groups in total. The van der Waals surface area contributed by atoms with Crippen molar-refractivity contribution in [2.45, 2.75) is 0 Å². The first kappa shape index (κ1) is 58.9. The van der Waals surface area contributed by atoms with E-state index in [9.17, 15) is 21.0 Å². The van der Waals surface area contributed by atoms with Crippen molar-refractivity contribution in [1.82, 2.24) is 0 Å². The second kappa shape index (κ2) is 27.0. The van der Waals surface area contributed by atoms with Crippen molar-refractivity contribution < 1.29 is 127 Å². The van der Waals surface area contributed by atoms with E-state index < -0.39 is 39.5 Å². The summed E-state index contributed by atoms with van der Waals surface area (Å²) in [6.45, 7) is 0. The van der Waals surface area contributed by atoms with Crippen LogP contribution in [0.1, 0.15) is 0 Å². The van der Waals surface area contributed by atoms with Crippen molar-refractivity contribution in [3.8, 4) is 0 Å². The third-order valence-electron chi connectivity index (χ3n) is 0. The van der Waals surface area contributed by atoms with Gasteiger partial charge in [0.15, 0.2) is 0 Å². The van der Waals surface area contributed by atoms with E-state index in [1.54, 1.807) is 0 Å². The van der Waals surface area contributed by atoms with Crippen molar-refractivity contribution in [3.63, 3.8) is 0 Å². The molecule has 170 valence electrons. The molecule has 0 aromatic carbocycles. The van der Waals surface area contributed by atoms with Gasteiger partial charge >= 0.3 is 125 Å². The molecule has 0 spiro atoms. The summed E-state index contributed by atoms with van der Waals surface area (Å²) >= 11 is 0. The second-order valence-corrected chi connectivity index (χ2v) is 6.46. The van der Waals surface area contributed by atoms with Crippen molar-refractivity contribution in [1.29, 1.82) is 0 Å². The molecule has 0 saturated heterocycles. The second-order valence-electron chi connectivity index (χ2n) is 2.15. The summed E-state index contributed by atoms with van der Waals surface area (Å²) in [4.78, 5) is 84.4. The average molecular weight is 777 g/mol. The minimum atomic E-state index is -5.64. The van der Waals surface area contributed by atoms with Crippen molar-refractivity contribution >= 4 is 130 Å². The Morgan fingerprint density at radius 2 is 0.345 bits per heavy atom. The van der Waals surface area contributed by atoms with Crippen molar-refractivity contribution in [2.24, 2.45) is 0 Å². The summed E-state index contributed by atoms with van der Waals surface area (Å²) < 4.78 is 92.8. The Bertz CT molecular complexity index is 402. The molecule has 0 aliphatic carbocycles. The first-order chi connectivity index (χ1) is 10.0. The zero-order valence-corrected chi connectivity index (χ0v) is 26.0. The monoisotopic (exact) mass is 777 g/mol. The van der Waals surface area contributed by atoms with Gasteiger partial charge < -0.3 is 71.8 Å². The topological polar surface area (TPSA) is 316 Å². The largest absolute Gasteiger partial charge is 3.00 e. The Morgan fingerprint density at radius 3 is 0.345 bits per heavy atom. The van der Waals surface area contributed by atoms with E-state index in [4.69, 9.17) is 71.8 Å². The Balaban J connectivity index is -0.0000000238. The van der Waals surface area contributed by atoms with Gasteiger partial charge in [-0.05, 0) is 0 Å². The van der Waals surface area contributed by atoms with Crippen LogP contribution in [0.3, 0.4) is 0 Å². The third kappa shape index (κ3) is 1550. The fourth-order valence-electron chi connectivity index (χ4n) is 0. The molecule has 0 fully saturated rings. The van der Waals surface area contributed by atoms with E-state index >= 15 is 0 Å². The molecule has 0 aliphatic rings. The van der Waals surface area contributed by atoms with Crippen LogP contribution in [-0.2, 0) is 57.0 Å². The minimum absolute atomic E-state index is 0. The van der Waals surface area contributed by atoms with E-state index in [1.165, 1.54) is 0 Å².